The molecule has 0 aliphatic rings. The van der Waals surface area contributed by atoms with Crippen molar-refractivity contribution >= 4 is 16.3 Å². The topological polar surface area (TPSA) is 46.8 Å². The first-order valence-electron chi connectivity index (χ1n) is 6.12. The third kappa shape index (κ3) is 2.01. The van der Waals surface area contributed by atoms with Crippen LogP contribution in [-0.2, 0) is 6.61 Å². The Morgan fingerprint density at radius 1 is 1.37 bits per heavy atom. The predicted octanol–water partition coefficient (Wildman–Crippen LogP) is 2.95. The Morgan fingerprint density at radius 3 is 3.00 bits per heavy atom. The summed E-state index contributed by atoms with van der Waals surface area (Å²) in [5.74, 6) is 0.849. The summed E-state index contributed by atoms with van der Waals surface area (Å²) in [6.45, 7) is 2.57. The first kappa shape index (κ1) is 12.2. The number of aliphatic hydroxyl groups is 1. The number of nitrogens with zero attached hydrogens (tertiary/aromatic N) is 2. The number of aromatic nitrogens is 2. The molecule has 0 aliphatic heterocycles. The van der Waals surface area contributed by atoms with Crippen molar-refractivity contribution in [1.82, 2.24) is 9.38 Å². The van der Waals surface area contributed by atoms with Crippen molar-refractivity contribution in [3.63, 3.8) is 0 Å². The molecule has 0 atom stereocenters. The third-order valence-corrected chi connectivity index (χ3v) is 3.78. The van der Waals surface area contributed by atoms with Gasteiger partial charge in [0.05, 0.1) is 30.8 Å². The van der Waals surface area contributed by atoms with Crippen LogP contribution in [0.2, 0.25) is 0 Å². The molecule has 3 aromatic rings. The summed E-state index contributed by atoms with van der Waals surface area (Å²) < 4.78 is 7.64. The first-order chi connectivity index (χ1) is 9.35. The van der Waals surface area contributed by atoms with Gasteiger partial charge in [0.25, 0.3) is 0 Å². The number of thiazole rings is 1. The lowest BCUT2D eigenvalue weighted by Gasteiger charge is -2.09. The maximum absolute atomic E-state index is 9.40. The molecule has 0 saturated carbocycles. The van der Waals surface area contributed by atoms with Gasteiger partial charge >= 0.3 is 0 Å². The van der Waals surface area contributed by atoms with Gasteiger partial charge in [-0.15, -0.1) is 11.3 Å². The van der Waals surface area contributed by atoms with Crippen LogP contribution in [0.5, 0.6) is 5.75 Å². The van der Waals surface area contributed by atoms with Crippen LogP contribution in [0.25, 0.3) is 16.2 Å². The lowest BCUT2D eigenvalue weighted by atomic mass is 10.1. The monoisotopic (exact) mass is 274 g/mol. The average molecular weight is 274 g/mol. The second-order valence-electron chi connectivity index (χ2n) is 4.08. The molecule has 2 aromatic heterocycles. The van der Waals surface area contributed by atoms with E-state index in [1.54, 1.807) is 17.5 Å². The molecule has 98 valence electrons. The zero-order valence-corrected chi connectivity index (χ0v) is 11.4. The molecular weight excluding hydrogens is 260 g/mol. The van der Waals surface area contributed by atoms with Gasteiger partial charge in [-0.3, -0.25) is 4.40 Å². The van der Waals surface area contributed by atoms with E-state index in [9.17, 15) is 5.11 Å². The Balaban J connectivity index is 2.21. The number of imidazole rings is 1. The standard InChI is InChI=1S/C14H14N2O2S/c1-2-18-13-6-4-3-5-11(13)12-9-19-14-15-7-10(8-17)16(12)14/h3-7,9,17H,2,8H2,1H3. The number of para-hydroxylation sites is 1. The normalized spacial score (nSPS) is 11.1. The van der Waals surface area contributed by atoms with Crippen LogP contribution in [0.1, 0.15) is 12.6 Å². The summed E-state index contributed by atoms with van der Waals surface area (Å²) in [6, 6.07) is 7.92. The summed E-state index contributed by atoms with van der Waals surface area (Å²) in [4.78, 5) is 5.17. The highest BCUT2D eigenvalue weighted by Gasteiger charge is 2.14. The van der Waals surface area contributed by atoms with Gasteiger partial charge in [-0.1, -0.05) is 12.1 Å². The molecular formula is C14H14N2O2S. The quantitative estimate of drug-likeness (QED) is 0.795. The third-order valence-electron chi connectivity index (χ3n) is 2.94. The SMILES string of the molecule is CCOc1ccccc1-c1csc2ncc(CO)n12. The van der Waals surface area contributed by atoms with Crippen LogP contribution in [0, 0.1) is 0 Å². The van der Waals surface area contributed by atoms with Crippen LogP contribution in [0.3, 0.4) is 0 Å². The zero-order chi connectivity index (χ0) is 13.2. The summed E-state index contributed by atoms with van der Waals surface area (Å²) in [5.41, 5.74) is 2.81. The van der Waals surface area contributed by atoms with Crippen molar-refractivity contribution in [3.8, 4) is 17.0 Å². The van der Waals surface area contributed by atoms with Crippen LogP contribution in [0.4, 0.5) is 0 Å². The van der Waals surface area contributed by atoms with E-state index in [-0.39, 0.29) is 6.61 Å². The lowest BCUT2D eigenvalue weighted by Crippen LogP contribution is -1.97. The molecule has 1 N–H and O–H groups in total. The maximum atomic E-state index is 9.40. The van der Waals surface area contributed by atoms with Crippen molar-refractivity contribution < 1.29 is 9.84 Å². The van der Waals surface area contributed by atoms with Gasteiger partial charge in [0.2, 0.25) is 0 Å². The number of rotatable bonds is 4. The largest absolute Gasteiger partial charge is 0.493 e. The zero-order valence-electron chi connectivity index (χ0n) is 10.5. The van der Waals surface area contributed by atoms with Crippen LogP contribution < -0.4 is 4.74 Å². The molecule has 19 heavy (non-hydrogen) atoms. The number of fused-ring (bicyclic) bond motifs is 1. The summed E-state index contributed by atoms with van der Waals surface area (Å²) >= 11 is 1.56. The Kier molecular flexibility index (Phi) is 3.23. The van der Waals surface area contributed by atoms with Gasteiger partial charge in [0.1, 0.15) is 5.75 Å². The molecule has 0 unspecified atom stereocenters. The number of aliphatic hydroxyl groups excluding tert-OH is 1. The molecule has 1 aromatic carbocycles. The number of benzene rings is 1. The van der Waals surface area contributed by atoms with E-state index in [0.717, 1.165) is 27.7 Å². The van der Waals surface area contributed by atoms with Gasteiger partial charge in [0.15, 0.2) is 4.96 Å². The fraction of sp³-hybridized carbons (Fsp3) is 0.214. The van der Waals surface area contributed by atoms with E-state index in [2.05, 4.69) is 4.98 Å². The number of hydrogen-bond acceptors (Lipinski definition) is 4. The van der Waals surface area contributed by atoms with E-state index in [1.807, 2.05) is 41.0 Å². The van der Waals surface area contributed by atoms with E-state index in [1.165, 1.54) is 0 Å². The molecule has 5 heteroatoms. The van der Waals surface area contributed by atoms with Crippen molar-refractivity contribution in [1.29, 1.82) is 0 Å². The Bertz CT molecular complexity index is 702. The fourth-order valence-corrected chi connectivity index (χ4v) is 3.01. The second kappa shape index (κ2) is 5.03. The van der Waals surface area contributed by atoms with Gasteiger partial charge in [0, 0.05) is 10.9 Å². The minimum Gasteiger partial charge on any atom is -0.493 e. The Morgan fingerprint density at radius 2 is 2.21 bits per heavy atom. The minimum atomic E-state index is -0.0261. The van der Waals surface area contributed by atoms with Crippen molar-refractivity contribution in [3.05, 3.63) is 41.5 Å². The molecule has 0 bridgehead atoms. The molecule has 3 rings (SSSR count). The summed E-state index contributed by atoms with van der Waals surface area (Å²) in [6.07, 6.45) is 1.71. The molecule has 0 saturated heterocycles. The van der Waals surface area contributed by atoms with Crippen molar-refractivity contribution in [2.24, 2.45) is 0 Å². The smallest absolute Gasteiger partial charge is 0.194 e. The Labute approximate surface area is 114 Å². The van der Waals surface area contributed by atoms with Crippen molar-refractivity contribution in [2.75, 3.05) is 6.61 Å². The van der Waals surface area contributed by atoms with Gasteiger partial charge in [-0.2, -0.15) is 0 Å². The summed E-state index contributed by atoms with van der Waals surface area (Å²) in [5, 5.41) is 11.4. The Hall–Kier alpha value is -1.85. The van der Waals surface area contributed by atoms with Crippen molar-refractivity contribution in [2.45, 2.75) is 13.5 Å². The van der Waals surface area contributed by atoms with Crippen LogP contribution >= 0.6 is 11.3 Å². The molecule has 0 radical (unpaired) electrons. The van der Waals surface area contributed by atoms with Gasteiger partial charge in [-0.25, -0.2) is 4.98 Å². The van der Waals surface area contributed by atoms with Crippen LogP contribution in [-0.4, -0.2) is 21.1 Å². The highest BCUT2D eigenvalue weighted by molar-refractivity contribution is 7.15. The second-order valence-corrected chi connectivity index (χ2v) is 4.91. The van der Waals surface area contributed by atoms with E-state index in [4.69, 9.17) is 4.74 Å². The molecule has 4 nitrogen and oxygen atoms in total. The average Bonchev–Trinajstić information content (AvgIpc) is 3.01. The minimum absolute atomic E-state index is 0.0261. The van der Waals surface area contributed by atoms with E-state index in [0.29, 0.717) is 6.61 Å². The van der Waals surface area contributed by atoms with Crippen LogP contribution in [0.15, 0.2) is 35.8 Å². The first-order valence-corrected chi connectivity index (χ1v) is 7.00. The molecule has 0 spiro atoms. The van der Waals surface area contributed by atoms with E-state index >= 15 is 0 Å². The van der Waals surface area contributed by atoms with E-state index < -0.39 is 0 Å². The predicted molar refractivity (Wildman–Crippen MR) is 75.6 cm³/mol. The molecule has 0 aliphatic carbocycles. The summed E-state index contributed by atoms with van der Waals surface area (Å²) in [7, 11) is 0. The fourth-order valence-electron chi connectivity index (χ4n) is 2.13. The molecule has 0 amide bonds. The molecule has 0 fully saturated rings. The van der Waals surface area contributed by atoms with Gasteiger partial charge < -0.3 is 9.84 Å². The highest BCUT2D eigenvalue weighted by Crippen LogP contribution is 2.33. The maximum Gasteiger partial charge on any atom is 0.194 e. The van der Waals surface area contributed by atoms with Gasteiger partial charge in [-0.05, 0) is 19.1 Å². The molecule has 2 heterocycles. The number of ether oxygens (including phenoxy) is 1. The highest BCUT2D eigenvalue weighted by atomic mass is 32.1. The lowest BCUT2D eigenvalue weighted by molar-refractivity contribution is 0.276. The number of hydrogen-bond donors (Lipinski definition) is 1.